The van der Waals surface area contributed by atoms with Crippen molar-refractivity contribution in [3.05, 3.63) is 17.0 Å². The number of anilines is 1. The molecule has 1 aliphatic heterocycles. The van der Waals surface area contributed by atoms with Gasteiger partial charge in [-0.15, -0.1) is 0 Å². The largest absolute Gasteiger partial charge is 0.354 e. The molecule has 1 saturated heterocycles. The summed E-state index contributed by atoms with van der Waals surface area (Å²) < 4.78 is 0.865. The highest BCUT2D eigenvalue weighted by molar-refractivity contribution is 9.10. The molecular weight excluding hydrogens is 242 g/mol. The predicted octanol–water partition coefficient (Wildman–Crippen LogP) is 2.62. The van der Waals surface area contributed by atoms with Crippen LogP contribution in [0, 0.1) is 0 Å². The lowest BCUT2D eigenvalue weighted by Crippen LogP contribution is -2.29. The number of hydrogen-bond donors (Lipinski definition) is 0. The summed E-state index contributed by atoms with van der Waals surface area (Å²) in [5.74, 6) is 1.05. The van der Waals surface area contributed by atoms with Crippen LogP contribution in [0.15, 0.2) is 17.0 Å². The fourth-order valence-corrected chi connectivity index (χ4v) is 2.34. The first-order valence-electron chi connectivity index (χ1n) is 5.05. The van der Waals surface area contributed by atoms with Crippen LogP contribution in [-0.2, 0) is 0 Å². The molecule has 1 atom stereocenters. The molecule has 0 spiro atoms. The van der Waals surface area contributed by atoms with Crippen LogP contribution < -0.4 is 4.90 Å². The zero-order valence-electron chi connectivity index (χ0n) is 8.28. The highest BCUT2D eigenvalue weighted by Crippen LogP contribution is 2.26. The molecule has 4 heteroatoms. The zero-order chi connectivity index (χ0) is 9.97. The Labute approximate surface area is 92.7 Å². The fraction of sp³-hybridized carbons (Fsp3) is 0.600. The van der Waals surface area contributed by atoms with E-state index in [0.29, 0.717) is 6.04 Å². The average Bonchev–Trinajstić information content (AvgIpc) is 2.65. The van der Waals surface area contributed by atoms with Gasteiger partial charge in [0.15, 0.2) is 0 Å². The lowest BCUT2D eigenvalue weighted by Gasteiger charge is -2.24. The van der Waals surface area contributed by atoms with Crippen molar-refractivity contribution in [1.29, 1.82) is 0 Å². The van der Waals surface area contributed by atoms with Gasteiger partial charge in [-0.25, -0.2) is 9.97 Å². The molecule has 3 nitrogen and oxygen atoms in total. The van der Waals surface area contributed by atoms with Crippen molar-refractivity contribution in [2.24, 2.45) is 0 Å². The Kier molecular flexibility index (Phi) is 3.01. The van der Waals surface area contributed by atoms with Gasteiger partial charge in [-0.1, -0.05) is 6.92 Å². The van der Waals surface area contributed by atoms with E-state index in [-0.39, 0.29) is 0 Å². The lowest BCUT2D eigenvalue weighted by atomic mass is 10.2. The smallest absolute Gasteiger partial charge is 0.133 e. The molecule has 0 radical (unpaired) electrons. The summed E-state index contributed by atoms with van der Waals surface area (Å²) in [7, 11) is 0. The first-order valence-corrected chi connectivity index (χ1v) is 5.84. The topological polar surface area (TPSA) is 29.0 Å². The van der Waals surface area contributed by atoms with Crippen molar-refractivity contribution in [1.82, 2.24) is 9.97 Å². The second kappa shape index (κ2) is 4.26. The molecule has 0 saturated carbocycles. The first kappa shape index (κ1) is 9.90. The van der Waals surface area contributed by atoms with Gasteiger partial charge in [-0.2, -0.15) is 0 Å². The van der Waals surface area contributed by atoms with Crippen LogP contribution in [0.5, 0.6) is 0 Å². The lowest BCUT2D eigenvalue weighted by molar-refractivity contribution is 0.640. The minimum absolute atomic E-state index is 0.664. The minimum atomic E-state index is 0.664. The summed E-state index contributed by atoms with van der Waals surface area (Å²) in [6.07, 6.45) is 5.38. The van der Waals surface area contributed by atoms with Gasteiger partial charge in [0, 0.05) is 18.7 Å². The van der Waals surface area contributed by atoms with Crippen molar-refractivity contribution >= 4 is 21.7 Å². The van der Waals surface area contributed by atoms with Crippen LogP contribution >= 0.6 is 15.9 Å². The number of nitrogens with zero attached hydrogens (tertiary/aromatic N) is 3. The Bertz CT molecular complexity index is 316. The maximum absolute atomic E-state index is 4.30. The molecule has 1 aromatic heterocycles. The van der Waals surface area contributed by atoms with E-state index < -0.39 is 0 Å². The Balaban J connectivity index is 2.21. The average molecular weight is 256 g/mol. The van der Waals surface area contributed by atoms with Gasteiger partial charge in [0.2, 0.25) is 0 Å². The predicted molar refractivity (Wildman–Crippen MR) is 60.4 cm³/mol. The van der Waals surface area contributed by atoms with Gasteiger partial charge >= 0.3 is 0 Å². The quantitative estimate of drug-likeness (QED) is 0.761. The van der Waals surface area contributed by atoms with E-state index >= 15 is 0 Å². The van der Waals surface area contributed by atoms with Crippen molar-refractivity contribution in [3.8, 4) is 0 Å². The molecule has 2 rings (SSSR count). The Hall–Kier alpha value is -0.640. The normalized spacial score (nSPS) is 21.6. The van der Waals surface area contributed by atoms with Crippen LogP contribution in [0.3, 0.4) is 0 Å². The van der Waals surface area contributed by atoms with Crippen LogP contribution in [0.2, 0.25) is 0 Å². The van der Waals surface area contributed by atoms with E-state index in [1.54, 1.807) is 6.33 Å². The molecule has 1 fully saturated rings. The summed E-state index contributed by atoms with van der Waals surface area (Å²) in [6, 6.07) is 2.66. The molecule has 1 unspecified atom stereocenters. The van der Waals surface area contributed by atoms with Crippen LogP contribution in [0.1, 0.15) is 26.2 Å². The Morgan fingerprint density at radius 2 is 2.43 bits per heavy atom. The minimum Gasteiger partial charge on any atom is -0.354 e. The molecule has 14 heavy (non-hydrogen) atoms. The number of rotatable bonds is 2. The van der Waals surface area contributed by atoms with E-state index in [1.807, 2.05) is 6.07 Å². The zero-order valence-corrected chi connectivity index (χ0v) is 9.87. The van der Waals surface area contributed by atoms with Gasteiger partial charge in [0.25, 0.3) is 0 Å². The van der Waals surface area contributed by atoms with Crippen molar-refractivity contribution in [2.45, 2.75) is 32.2 Å². The molecule has 0 N–H and O–H groups in total. The SMILES string of the molecule is CCC1CCCN1c1cc(Br)ncn1. The monoisotopic (exact) mass is 255 g/mol. The number of aromatic nitrogens is 2. The summed E-state index contributed by atoms with van der Waals surface area (Å²) in [4.78, 5) is 10.7. The summed E-state index contributed by atoms with van der Waals surface area (Å²) >= 11 is 3.37. The Morgan fingerprint density at radius 1 is 1.57 bits per heavy atom. The summed E-state index contributed by atoms with van der Waals surface area (Å²) in [6.45, 7) is 3.36. The third-order valence-electron chi connectivity index (χ3n) is 2.76. The maximum Gasteiger partial charge on any atom is 0.133 e. The Morgan fingerprint density at radius 3 is 3.14 bits per heavy atom. The maximum atomic E-state index is 4.30. The van der Waals surface area contributed by atoms with E-state index in [1.165, 1.54) is 19.3 Å². The molecule has 0 bridgehead atoms. The van der Waals surface area contributed by atoms with Gasteiger partial charge in [0.05, 0.1) is 0 Å². The van der Waals surface area contributed by atoms with E-state index in [0.717, 1.165) is 17.0 Å². The highest BCUT2D eigenvalue weighted by atomic mass is 79.9. The third kappa shape index (κ3) is 1.90. The molecule has 0 aliphatic carbocycles. The molecular formula is C10H14BrN3. The first-order chi connectivity index (χ1) is 6.81. The summed E-state index contributed by atoms with van der Waals surface area (Å²) in [5.41, 5.74) is 0. The molecule has 0 amide bonds. The van der Waals surface area contributed by atoms with E-state index in [9.17, 15) is 0 Å². The summed E-state index contributed by atoms with van der Waals surface area (Å²) in [5, 5.41) is 0. The number of hydrogen-bond acceptors (Lipinski definition) is 3. The van der Waals surface area contributed by atoms with Crippen LogP contribution in [0.25, 0.3) is 0 Å². The highest BCUT2D eigenvalue weighted by Gasteiger charge is 2.23. The second-order valence-corrected chi connectivity index (χ2v) is 4.41. The van der Waals surface area contributed by atoms with Crippen LogP contribution in [-0.4, -0.2) is 22.6 Å². The molecule has 1 aliphatic rings. The standard InChI is InChI=1S/C10H14BrN3/c1-2-8-4-3-5-14(8)10-6-9(11)12-7-13-10/h6-8H,2-5H2,1H3. The molecule has 2 heterocycles. The van der Waals surface area contributed by atoms with E-state index in [4.69, 9.17) is 0 Å². The van der Waals surface area contributed by atoms with Gasteiger partial charge in [0.1, 0.15) is 16.7 Å². The van der Waals surface area contributed by atoms with Gasteiger partial charge in [-0.3, -0.25) is 0 Å². The van der Waals surface area contributed by atoms with Gasteiger partial charge < -0.3 is 4.90 Å². The van der Waals surface area contributed by atoms with Crippen LogP contribution in [0.4, 0.5) is 5.82 Å². The third-order valence-corrected chi connectivity index (χ3v) is 3.20. The second-order valence-electron chi connectivity index (χ2n) is 3.60. The molecule has 1 aromatic rings. The fourth-order valence-electron chi connectivity index (χ4n) is 2.04. The van der Waals surface area contributed by atoms with Crippen molar-refractivity contribution in [3.63, 3.8) is 0 Å². The number of halogens is 1. The van der Waals surface area contributed by atoms with E-state index in [2.05, 4.69) is 37.7 Å². The van der Waals surface area contributed by atoms with Gasteiger partial charge in [-0.05, 0) is 35.2 Å². The van der Waals surface area contributed by atoms with Crippen molar-refractivity contribution < 1.29 is 0 Å². The molecule has 76 valence electrons. The van der Waals surface area contributed by atoms with Crippen molar-refractivity contribution in [2.75, 3.05) is 11.4 Å². The molecule has 0 aromatic carbocycles.